The summed E-state index contributed by atoms with van der Waals surface area (Å²) in [6.07, 6.45) is 4.50. The molecule has 130 valence electrons. The Morgan fingerprint density at radius 1 is 1.24 bits per heavy atom. The molecule has 0 bridgehead atoms. The molecule has 0 aliphatic carbocycles. The maximum absolute atomic E-state index is 13.7. The minimum absolute atomic E-state index is 0.116. The summed E-state index contributed by atoms with van der Waals surface area (Å²) in [6, 6.07) is 5.86. The number of aliphatic hydroxyl groups excluding tert-OH is 1. The van der Waals surface area contributed by atoms with Crippen LogP contribution in [0.15, 0.2) is 42.9 Å². The standard InChI is InChI=1S/C16H15ClFN5O2/c17-10-5-13(18)16(21-6-10)25-12-1-2-14(20-7-12)15-3-4-23(22-15)8-11(19)9-24/h1-7,11,24H,8-9,19H2/t11-/m0/s1. The van der Waals surface area contributed by atoms with Crippen molar-refractivity contribution in [3.63, 3.8) is 0 Å². The van der Waals surface area contributed by atoms with Crippen molar-refractivity contribution in [3.05, 3.63) is 53.7 Å². The van der Waals surface area contributed by atoms with Gasteiger partial charge in [0, 0.05) is 18.4 Å². The highest BCUT2D eigenvalue weighted by Gasteiger charge is 2.10. The molecule has 3 aromatic heterocycles. The minimum Gasteiger partial charge on any atom is -0.435 e. The van der Waals surface area contributed by atoms with E-state index in [1.54, 1.807) is 29.1 Å². The first-order valence-electron chi connectivity index (χ1n) is 7.40. The summed E-state index contributed by atoms with van der Waals surface area (Å²) >= 11 is 5.65. The van der Waals surface area contributed by atoms with Crippen molar-refractivity contribution in [2.75, 3.05) is 6.61 Å². The molecule has 0 unspecified atom stereocenters. The maximum Gasteiger partial charge on any atom is 0.256 e. The quantitative estimate of drug-likeness (QED) is 0.696. The molecule has 3 heterocycles. The molecule has 0 aliphatic rings. The van der Waals surface area contributed by atoms with E-state index in [9.17, 15) is 4.39 Å². The van der Waals surface area contributed by atoms with Gasteiger partial charge in [-0.05, 0) is 24.3 Å². The van der Waals surface area contributed by atoms with Crippen LogP contribution in [0.1, 0.15) is 0 Å². The molecule has 0 radical (unpaired) electrons. The molecule has 25 heavy (non-hydrogen) atoms. The van der Waals surface area contributed by atoms with Gasteiger partial charge < -0.3 is 15.6 Å². The molecule has 3 N–H and O–H groups in total. The number of aliphatic hydroxyl groups is 1. The molecule has 9 heteroatoms. The van der Waals surface area contributed by atoms with Gasteiger partial charge >= 0.3 is 0 Å². The second-order valence-electron chi connectivity index (χ2n) is 5.29. The van der Waals surface area contributed by atoms with Crippen LogP contribution in [-0.2, 0) is 6.54 Å². The first-order valence-corrected chi connectivity index (χ1v) is 7.78. The zero-order valence-electron chi connectivity index (χ0n) is 13.0. The third kappa shape index (κ3) is 4.30. The molecule has 0 amide bonds. The number of hydrogen-bond acceptors (Lipinski definition) is 6. The van der Waals surface area contributed by atoms with Crippen LogP contribution in [0.3, 0.4) is 0 Å². The summed E-state index contributed by atoms with van der Waals surface area (Å²) in [6.45, 7) is 0.286. The van der Waals surface area contributed by atoms with Gasteiger partial charge in [-0.2, -0.15) is 5.10 Å². The second kappa shape index (κ2) is 7.56. The van der Waals surface area contributed by atoms with Gasteiger partial charge in [-0.25, -0.2) is 9.37 Å². The van der Waals surface area contributed by atoms with E-state index in [4.69, 9.17) is 27.2 Å². The molecular weight excluding hydrogens is 349 g/mol. The normalized spacial score (nSPS) is 12.2. The number of hydrogen-bond donors (Lipinski definition) is 2. The van der Waals surface area contributed by atoms with Crippen LogP contribution in [0.4, 0.5) is 4.39 Å². The topological polar surface area (TPSA) is 99.1 Å². The lowest BCUT2D eigenvalue weighted by molar-refractivity contribution is 0.251. The Bertz CT molecular complexity index is 856. The number of aromatic nitrogens is 4. The van der Waals surface area contributed by atoms with Gasteiger partial charge in [0.25, 0.3) is 5.88 Å². The summed E-state index contributed by atoms with van der Waals surface area (Å²) in [5, 5.41) is 13.5. The molecule has 1 atom stereocenters. The van der Waals surface area contributed by atoms with Crippen LogP contribution < -0.4 is 10.5 Å². The molecule has 3 aromatic rings. The van der Waals surface area contributed by atoms with Crippen molar-refractivity contribution in [2.45, 2.75) is 12.6 Å². The highest BCUT2D eigenvalue weighted by atomic mass is 35.5. The van der Waals surface area contributed by atoms with E-state index in [-0.39, 0.29) is 23.6 Å². The molecule has 7 nitrogen and oxygen atoms in total. The van der Waals surface area contributed by atoms with Gasteiger partial charge in [-0.3, -0.25) is 9.67 Å². The highest BCUT2D eigenvalue weighted by Crippen LogP contribution is 2.25. The average Bonchev–Trinajstić information content (AvgIpc) is 3.06. The van der Waals surface area contributed by atoms with Gasteiger partial charge in [0.05, 0.1) is 30.1 Å². The zero-order valence-corrected chi connectivity index (χ0v) is 13.8. The molecule has 0 saturated heterocycles. The monoisotopic (exact) mass is 363 g/mol. The van der Waals surface area contributed by atoms with E-state index in [2.05, 4.69) is 15.1 Å². The average molecular weight is 364 g/mol. The Morgan fingerprint density at radius 2 is 2.08 bits per heavy atom. The van der Waals surface area contributed by atoms with E-state index in [0.29, 0.717) is 23.7 Å². The number of nitrogens with zero attached hydrogens (tertiary/aromatic N) is 4. The SMILES string of the molecule is N[C@H](CO)Cn1ccc(-c2ccc(Oc3ncc(Cl)cc3F)cn2)n1. The van der Waals surface area contributed by atoms with Crippen molar-refractivity contribution < 1.29 is 14.2 Å². The van der Waals surface area contributed by atoms with Crippen LogP contribution in [0.25, 0.3) is 11.4 Å². The van der Waals surface area contributed by atoms with Crippen molar-refractivity contribution >= 4 is 11.6 Å². The molecular formula is C16H15ClFN5O2. The fourth-order valence-electron chi connectivity index (χ4n) is 2.08. The number of pyridine rings is 2. The number of rotatable bonds is 6. The van der Waals surface area contributed by atoms with Crippen molar-refractivity contribution in [2.24, 2.45) is 5.73 Å². The van der Waals surface area contributed by atoms with Crippen LogP contribution in [0.5, 0.6) is 11.6 Å². The minimum atomic E-state index is -0.657. The summed E-state index contributed by atoms with van der Waals surface area (Å²) < 4.78 is 20.7. The predicted octanol–water partition coefficient (Wildman–Crippen LogP) is 2.24. The number of ether oxygens (including phenoxy) is 1. The van der Waals surface area contributed by atoms with Crippen LogP contribution >= 0.6 is 11.6 Å². The molecule has 0 spiro atoms. The Morgan fingerprint density at radius 3 is 2.76 bits per heavy atom. The highest BCUT2D eigenvalue weighted by molar-refractivity contribution is 6.30. The summed E-state index contributed by atoms with van der Waals surface area (Å²) in [5.74, 6) is -0.504. The summed E-state index contributed by atoms with van der Waals surface area (Å²) in [7, 11) is 0. The fraction of sp³-hybridized carbons (Fsp3) is 0.188. The van der Waals surface area contributed by atoms with E-state index >= 15 is 0 Å². The lowest BCUT2D eigenvalue weighted by atomic mass is 10.3. The van der Waals surface area contributed by atoms with E-state index in [1.807, 2.05) is 0 Å². The number of nitrogens with two attached hydrogens (primary N) is 1. The summed E-state index contributed by atoms with van der Waals surface area (Å²) in [4.78, 5) is 8.03. The second-order valence-corrected chi connectivity index (χ2v) is 5.72. The molecule has 0 aliphatic heterocycles. The third-order valence-corrected chi connectivity index (χ3v) is 3.49. The van der Waals surface area contributed by atoms with Crippen LogP contribution in [0.2, 0.25) is 5.02 Å². The van der Waals surface area contributed by atoms with Gasteiger partial charge in [-0.1, -0.05) is 11.6 Å². The van der Waals surface area contributed by atoms with Crippen LogP contribution in [-0.4, -0.2) is 37.5 Å². The molecule has 0 fully saturated rings. The van der Waals surface area contributed by atoms with Crippen molar-refractivity contribution in [1.82, 2.24) is 19.7 Å². The van der Waals surface area contributed by atoms with E-state index < -0.39 is 5.82 Å². The first-order chi connectivity index (χ1) is 12.0. The largest absolute Gasteiger partial charge is 0.435 e. The molecule has 0 saturated carbocycles. The molecule has 3 rings (SSSR count). The lowest BCUT2D eigenvalue weighted by Gasteiger charge is -2.07. The smallest absolute Gasteiger partial charge is 0.256 e. The Balaban J connectivity index is 1.72. The lowest BCUT2D eigenvalue weighted by Crippen LogP contribution is -2.30. The van der Waals surface area contributed by atoms with Crippen LogP contribution in [0, 0.1) is 5.82 Å². The van der Waals surface area contributed by atoms with Gasteiger partial charge in [-0.15, -0.1) is 0 Å². The van der Waals surface area contributed by atoms with Crippen molar-refractivity contribution in [3.8, 4) is 23.0 Å². The number of halogens is 2. The summed E-state index contributed by atoms with van der Waals surface area (Å²) in [5.41, 5.74) is 6.94. The van der Waals surface area contributed by atoms with Crippen molar-refractivity contribution in [1.29, 1.82) is 0 Å². The van der Waals surface area contributed by atoms with Gasteiger partial charge in [0.1, 0.15) is 11.4 Å². The Labute approximate surface area is 147 Å². The van der Waals surface area contributed by atoms with E-state index in [1.165, 1.54) is 12.4 Å². The Kier molecular flexibility index (Phi) is 5.22. The third-order valence-electron chi connectivity index (χ3n) is 3.28. The van der Waals surface area contributed by atoms with Gasteiger partial charge in [0.2, 0.25) is 0 Å². The van der Waals surface area contributed by atoms with E-state index in [0.717, 1.165) is 6.07 Å². The van der Waals surface area contributed by atoms with Gasteiger partial charge in [0.15, 0.2) is 5.82 Å². The molecule has 0 aromatic carbocycles. The predicted molar refractivity (Wildman–Crippen MR) is 89.8 cm³/mol. The zero-order chi connectivity index (χ0) is 17.8. The maximum atomic E-state index is 13.7. The Hall–Kier alpha value is -2.55. The first kappa shape index (κ1) is 17.3. The fourth-order valence-corrected chi connectivity index (χ4v) is 2.22.